The number of methoxy groups -OCH3 is 1. The minimum Gasteiger partial charge on any atom is -0.497 e. The first-order valence-corrected chi connectivity index (χ1v) is 5.04. The topological polar surface area (TPSA) is 41.8 Å². The molecule has 0 spiro atoms. The Balaban J connectivity index is 2.57. The van der Waals surface area contributed by atoms with E-state index >= 15 is 0 Å². The van der Waals surface area contributed by atoms with E-state index in [2.05, 4.69) is 22.4 Å². The smallest absolute Gasteiger partial charge is 0.118 e. The van der Waals surface area contributed by atoms with Crippen molar-refractivity contribution in [3.8, 4) is 5.75 Å². The van der Waals surface area contributed by atoms with Gasteiger partial charge in [-0.3, -0.25) is 0 Å². The number of hydrogen-bond donors (Lipinski definition) is 1. The molecule has 0 aromatic heterocycles. The van der Waals surface area contributed by atoms with Gasteiger partial charge in [0, 0.05) is 0 Å². The Morgan fingerprint density at radius 2 is 2.13 bits per heavy atom. The highest BCUT2D eigenvalue weighted by Crippen LogP contribution is 2.19. The lowest BCUT2D eigenvalue weighted by Crippen LogP contribution is -1.99. The Kier molecular flexibility index (Phi) is 4.98. The molecule has 1 rings (SSSR count). The van der Waals surface area contributed by atoms with E-state index in [0.717, 1.165) is 11.3 Å². The number of isothiocyanates is 1. The second-order valence-corrected chi connectivity index (χ2v) is 3.23. The summed E-state index contributed by atoms with van der Waals surface area (Å²) in [6, 6.07) is 7.32. The summed E-state index contributed by atoms with van der Waals surface area (Å²) < 4.78 is 5.02. The molecule has 0 bridgehead atoms. The number of benzene rings is 1. The Morgan fingerprint density at radius 3 is 2.67 bits per heavy atom. The molecule has 80 valence electrons. The molecule has 4 heteroatoms. The van der Waals surface area contributed by atoms with Crippen LogP contribution in [0.5, 0.6) is 5.75 Å². The summed E-state index contributed by atoms with van der Waals surface area (Å²) in [5.41, 5.74) is 0.857. The van der Waals surface area contributed by atoms with Crippen LogP contribution < -0.4 is 4.74 Å². The van der Waals surface area contributed by atoms with Crippen LogP contribution in [0.2, 0.25) is 0 Å². The quantitative estimate of drug-likeness (QED) is 0.614. The molecule has 0 heterocycles. The van der Waals surface area contributed by atoms with Gasteiger partial charge in [0.2, 0.25) is 0 Å². The highest BCUT2D eigenvalue weighted by atomic mass is 32.1. The van der Waals surface area contributed by atoms with E-state index in [1.54, 1.807) is 7.11 Å². The molecule has 0 unspecified atom stereocenters. The van der Waals surface area contributed by atoms with E-state index in [1.807, 2.05) is 24.3 Å². The molecule has 0 saturated carbocycles. The van der Waals surface area contributed by atoms with Gasteiger partial charge in [0.15, 0.2) is 0 Å². The largest absolute Gasteiger partial charge is 0.497 e. The summed E-state index contributed by atoms with van der Waals surface area (Å²) in [5.74, 6) is 0.780. The van der Waals surface area contributed by atoms with Crippen molar-refractivity contribution in [2.75, 3.05) is 13.7 Å². The molecule has 3 nitrogen and oxygen atoms in total. The minimum atomic E-state index is -0.511. The Hall–Kier alpha value is -1.22. The van der Waals surface area contributed by atoms with E-state index < -0.39 is 6.10 Å². The number of nitrogens with zero attached hydrogens (tertiary/aromatic N) is 1. The predicted octanol–water partition coefficient (Wildman–Crippen LogP) is 2.22. The first kappa shape index (κ1) is 11.9. The van der Waals surface area contributed by atoms with E-state index in [1.165, 1.54) is 0 Å². The molecule has 15 heavy (non-hydrogen) atoms. The summed E-state index contributed by atoms with van der Waals surface area (Å²) in [6.07, 6.45) is 0.0405. The Morgan fingerprint density at radius 1 is 1.47 bits per heavy atom. The maximum Gasteiger partial charge on any atom is 0.118 e. The molecule has 0 aliphatic rings. The molecular formula is C11H13NO2S. The van der Waals surface area contributed by atoms with E-state index in [9.17, 15) is 5.11 Å². The van der Waals surface area contributed by atoms with Gasteiger partial charge in [0.1, 0.15) is 5.75 Å². The van der Waals surface area contributed by atoms with Crippen molar-refractivity contribution in [2.24, 2.45) is 4.99 Å². The third-order valence-electron chi connectivity index (χ3n) is 2.08. The predicted molar refractivity (Wildman–Crippen MR) is 62.5 cm³/mol. The van der Waals surface area contributed by atoms with Crippen LogP contribution in [0.3, 0.4) is 0 Å². The number of thiocarbonyl (C=S) groups is 1. The van der Waals surface area contributed by atoms with Crippen LogP contribution in [-0.2, 0) is 0 Å². The van der Waals surface area contributed by atoms with Crippen molar-refractivity contribution >= 4 is 17.4 Å². The highest BCUT2D eigenvalue weighted by molar-refractivity contribution is 7.78. The fraction of sp³-hybridized carbons (Fsp3) is 0.364. The van der Waals surface area contributed by atoms with Crippen molar-refractivity contribution < 1.29 is 9.84 Å². The normalized spacial score (nSPS) is 11.6. The summed E-state index contributed by atoms with van der Waals surface area (Å²) in [5, 5.41) is 12.0. The number of aliphatic hydroxyl groups is 1. The van der Waals surface area contributed by atoms with Crippen molar-refractivity contribution in [3.63, 3.8) is 0 Å². The van der Waals surface area contributed by atoms with Crippen LogP contribution in [0.1, 0.15) is 18.1 Å². The van der Waals surface area contributed by atoms with Gasteiger partial charge in [0.25, 0.3) is 0 Å². The van der Waals surface area contributed by atoms with E-state index in [4.69, 9.17) is 4.74 Å². The van der Waals surface area contributed by atoms with Gasteiger partial charge < -0.3 is 9.84 Å². The summed E-state index contributed by atoms with van der Waals surface area (Å²) in [7, 11) is 1.61. The van der Waals surface area contributed by atoms with Crippen molar-refractivity contribution in [3.05, 3.63) is 29.8 Å². The zero-order chi connectivity index (χ0) is 11.1. The first-order chi connectivity index (χ1) is 7.27. The van der Waals surface area contributed by atoms with Gasteiger partial charge >= 0.3 is 0 Å². The minimum absolute atomic E-state index is 0.497. The van der Waals surface area contributed by atoms with Crippen LogP contribution in [0.15, 0.2) is 29.3 Å². The molecule has 0 saturated heterocycles. The molecular weight excluding hydrogens is 210 g/mol. The van der Waals surface area contributed by atoms with Crippen LogP contribution in [0, 0.1) is 0 Å². The number of aliphatic hydroxyl groups excluding tert-OH is 1. The fourth-order valence-corrected chi connectivity index (χ4v) is 1.32. The molecule has 1 aromatic rings. The number of ether oxygens (including phenoxy) is 1. The standard InChI is InChI=1S/C11H13NO2S/c1-14-10-4-2-9(3-5-10)11(13)6-7-12-8-15/h2-5,11,13H,6-7H2,1H3/t11-/m1/s1. The zero-order valence-electron chi connectivity index (χ0n) is 8.51. The lowest BCUT2D eigenvalue weighted by molar-refractivity contribution is 0.170. The Bertz CT molecular complexity index is 344. The van der Waals surface area contributed by atoms with Gasteiger partial charge in [0.05, 0.1) is 24.9 Å². The molecule has 1 aromatic carbocycles. The maximum atomic E-state index is 9.75. The fourth-order valence-electron chi connectivity index (χ4n) is 1.23. The van der Waals surface area contributed by atoms with Gasteiger partial charge in [-0.15, -0.1) is 0 Å². The number of aliphatic imine (C=N–C) groups is 1. The van der Waals surface area contributed by atoms with Crippen molar-refractivity contribution in [1.29, 1.82) is 0 Å². The first-order valence-electron chi connectivity index (χ1n) is 4.63. The second kappa shape index (κ2) is 6.30. The molecule has 0 aliphatic heterocycles. The summed E-state index contributed by atoms with van der Waals surface area (Å²) >= 11 is 4.44. The second-order valence-electron chi connectivity index (χ2n) is 3.05. The molecule has 0 fully saturated rings. The SMILES string of the molecule is COc1ccc([C@H](O)CCN=C=S)cc1. The van der Waals surface area contributed by atoms with Gasteiger partial charge in [-0.2, -0.15) is 0 Å². The van der Waals surface area contributed by atoms with Crippen LogP contribution in [0.25, 0.3) is 0 Å². The zero-order valence-corrected chi connectivity index (χ0v) is 9.33. The lowest BCUT2D eigenvalue weighted by atomic mass is 10.1. The monoisotopic (exact) mass is 223 g/mol. The van der Waals surface area contributed by atoms with E-state index in [-0.39, 0.29) is 0 Å². The van der Waals surface area contributed by atoms with Gasteiger partial charge in [-0.25, -0.2) is 4.99 Å². The van der Waals surface area contributed by atoms with Crippen molar-refractivity contribution in [1.82, 2.24) is 0 Å². The van der Waals surface area contributed by atoms with Crippen LogP contribution in [0.4, 0.5) is 0 Å². The molecule has 1 N–H and O–H groups in total. The number of hydrogen-bond acceptors (Lipinski definition) is 4. The maximum absolute atomic E-state index is 9.75. The van der Waals surface area contributed by atoms with Crippen LogP contribution in [-0.4, -0.2) is 23.9 Å². The highest BCUT2D eigenvalue weighted by Gasteiger charge is 2.06. The molecule has 0 aliphatic carbocycles. The van der Waals surface area contributed by atoms with Crippen LogP contribution >= 0.6 is 12.2 Å². The average molecular weight is 223 g/mol. The molecule has 0 radical (unpaired) electrons. The molecule has 1 atom stereocenters. The van der Waals surface area contributed by atoms with Crippen molar-refractivity contribution in [2.45, 2.75) is 12.5 Å². The summed E-state index contributed by atoms with van der Waals surface area (Å²) in [6.45, 7) is 0.497. The van der Waals surface area contributed by atoms with Gasteiger partial charge in [-0.1, -0.05) is 12.1 Å². The summed E-state index contributed by atoms with van der Waals surface area (Å²) in [4.78, 5) is 3.75. The Labute approximate surface area is 94.4 Å². The average Bonchev–Trinajstić information content (AvgIpc) is 2.29. The lowest BCUT2D eigenvalue weighted by Gasteiger charge is -2.09. The van der Waals surface area contributed by atoms with E-state index in [0.29, 0.717) is 13.0 Å². The third-order valence-corrected chi connectivity index (χ3v) is 2.21. The third kappa shape index (κ3) is 3.80. The molecule has 0 amide bonds. The van der Waals surface area contributed by atoms with Gasteiger partial charge in [-0.05, 0) is 36.3 Å². The number of rotatable bonds is 5.